The van der Waals surface area contributed by atoms with Crippen molar-refractivity contribution in [1.29, 1.82) is 0 Å². The maximum atomic E-state index is 10.8. The standard InChI is InChI=1S/C7H14N2O2/c1-2-9-7(11)5-3-4-6(8)10/h2-5H2,1H3,(H2,8,10)(H,9,11). The number of hydrogen-bond donors (Lipinski definition) is 2. The van der Waals surface area contributed by atoms with Gasteiger partial charge in [-0.15, -0.1) is 0 Å². The minimum Gasteiger partial charge on any atom is -0.370 e. The molecule has 0 aromatic heterocycles. The van der Waals surface area contributed by atoms with Crippen molar-refractivity contribution in [2.75, 3.05) is 6.54 Å². The van der Waals surface area contributed by atoms with Crippen LogP contribution < -0.4 is 11.1 Å². The lowest BCUT2D eigenvalue weighted by molar-refractivity contribution is -0.121. The van der Waals surface area contributed by atoms with Gasteiger partial charge in [0.25, 0.3) is 0 Å². The van der Waals surface area contributed by atoms with Gasteiger partial charge in [-0.05, 0) is 13.3 Å². The van der Waals surface area contributed by atoms with Gasteiger partial charge in [-0.2, -0.15) is 0 Å². The first-order chi connectivity index (χ1) is 5.16. The molecule has 2 amide bonds. The highest BCUT2D eigenvalue weighted by Crippen LogP contribution is 1.93. The van der Waals surface area contributed by atoms with Crippen molar-refractivity contribution in [3.05, 3.63) is 0 Å². The molecule has 0 saturated carbocycles. The van der Waals surface area contributed by atoms with E-state index in [2.05, 4.69) is 5.32 Å². The minimum atomic E-state index is -0.353. The van der Waals surface area contributed by atoms with Crippen LogP contribution in [0.2, 0.25) is 0 Å². The normalized spacial score (nSPS) is 9.18. The average molecular weight is 158 g/mol. The van der Waals surface area contributed by atoms with Crippen LogP contribution in [0.5, 0.6) is 0 Å². The van der Waals surface area contributed by atoms with E-state index in [4.69, 9.17) is 5.73 Å². The Morgan fingerprint density at radius 1 is 1.36 bits per heavy atom. The fourth-order valence-corrected chi connectivity index (χ4v) is 0.709. The number of nitrogens with two attached hydrogens (primary N) is 1. The third-order valence-corrected chi connectivity index (χ3v) is 1.20. The summed E-state index contributed by atoms with van der Waals surface area (Å²) in [6.45, 7) is 2.49. The molecule has 11 heavy (non-hydrogen) atoms. The van der Waals surface area contributed by atoms with Crippen LogP contribution in [-0.2, 0) is 9.59 Å². The second-order valence-electron chi connectivity index (χ2n) is 2.27. The molecular formula is C7H14N2O2. The van der Waals surface area contributed by atoms with Crippen molar-refractivity contribution >= 4 is 11.8 Å². The van der Waals surface area contributed by atoms with E-state index in [1.807, 2.05) is 6.92 Å². The monoisotopic (exact) mass is 158 g/mol. The molecule has 3 N–H and O–H groups in total. The first-order valence-electron chi connectivity index (χ1n) is 3.71. The molecule has 0 aromatic rings. The second kappa shape index (κ2) is 5.70. The van der Waals surface area contributed by atoms with E-state index in [0.717, 1.165) is 0 Å². The van der Waals surface area contributed by atoms with Crippen molar-refractivity contribution in [3.63, 3.8) is 0 Å². The third-order valence-electron chi connectivity index (χ3n) is 1.20. The Morgan fingerprint density at radius 2 is 2.00 bits per heavy atom. The highest BCUT2D eigenvalue weighted by Gasteiger charge is 2.00. The minimum absolute atomic E-state index is 0.0197. The van der Waals surface area contributed by atoms with Crippen molar-refractivity contribution < 1.29 is 9.59 Å². The summed E-state index contributed by atoms with van der Waals surface area (Å²) in [7, 11) is 0. The van der Waals surface area contributed by atoms with Crippen LogP contribution in [0.25, 0.3) is 0 Å². The number of rotatable bonds is 5. The number of carbonyl (C=O) groups excluding carboxylic acids is 2. The van der Waals surface area contributed by atoms with E-state index < -0.39 is 0 Å². The predicted molar refractivity (Wildman–Crippen MR) is 41.7 cm³/mol. The van der Waals surface area contributed by atoms with E-state index in [1.165, 1.54) is 0 Å². The molecule has 0 heterocycles. The van der Waals surface area contributed by atoms with E-state index in [0.29, 0.717) is 19.4 Å². The molecule has 0 spiro atoms. The lowest BCUT2D eigenvalue weighted by atomic mass is 10.2. The van der Waals surface area contributed by atoms with Gasteiger partial charge >= 0.3 is 0 Å². The van der Waals surface area contributed by atoms with Gasteiger partial charge in [0, 0.05) is 19.4 Å². The van der Waals surface area contributed by atoms with Gasteiger partial charge in [0.05, 0.1) is 0 Å². The number of primary amides is 1. The zero-order valence-corrected chi connectivity index (χ0v) is 6.72. The van der Waals surface area contributed by atoms with Crippen LogP contribution in [0, 0.1) is 0 Å². The summed E-state index contributed by atoms with van der Waals surface area (Å²) in [6, 6.07) is 0. The smallest absolute Gasteiger partial charge is 0.219 e. The third kappa shape index (κ3) is 6.83. The van der Waals surface area contributed by atoms with E-state index in [9.17, 15) is 9.59 Å². The highest BCUT2D eigenvalue weighted by molar-refractivity contribution is 5.77. The number of nitrogens with one attached hydrogen (secondary N) is 1. The molecule has 0 bridgehead atoms. The van der Waals surface area contributed by atoms with Gasteiger partial charge in [-0.25, -0.2) is 0 Å². The van der Waals surface area contributed by atoms with E-state index >= 15 is 0 Å². The Morgan fingerprint density at radius 3 is 2.45 bits per heavy atom. The zero-order valence-electron chi connectivity index (χ0n) is 6.72. The summed E-state index contributed by atoms with van der Waals surface area (Å²) >= 11 is 0. The van der Waals surface area contributed by atoms with Gasteiger partial charge in [-0.1, -0.05) is 0 Å². The predicted octanol–water partition coefficient (Wildman–Crippen LogP) is -0.222. The first-order valence-corrected chi connectivity index (χ1v) is 3.71. The summed E-state index contributed by atoms with van der Waals surface area (Å²) in [6.07, 6.45) is 1.22. The topological polar surface area (TPSA) is 72.2 Å². The van der Waals surface area contributed by atoms with E-state index in [1.54, 1.807) is 0 Å². The molecular weight excluding hydrogens is 144 g/mol. The van der Waals surface area contributed by atoms with Crippen molar-refractivity contribution in [3.8, 4) is 0 Å². The summed E-state index contributed by atoms with van der Waals surface area (Å²) in [5.74, 6) is -0.372. The summed E-state index contributed by atoms with van der Waals surface area (Å²) in [5, 5.41) is 2.63. The molecule has 0 aromatic carbocycles. The quantitative estimate of drug-likeness (QED) is 0.580. The molecule has 64 valence electrons. The van der Waals surface area contributed by atoms with Gasteiger partial charge in [0.2, 0.25) is 11.8 Å². The van der Waals surface area contributed by atoms with Crippen molar-refractivity contribution in [2.24, 2.45) is 5.73 Å². The molecule has 0 aliphatic carbocycles. The van der Waals surface area contributed by atoms with Gasteiger partial charge in [0.15, 0.2) is 0 Å². The van der Waals surface area contributed by atoms with E-state index in [-0.39, 0.29) is 18.2 Å². The Labute approximate surface area is 66.1 Å². The summed E-state index contributed by atoms with van der Waals surface area (Å²) in [4.78, 5) is 21.0. The Hall–Kier alpha value is -1.06. The highest BCUT2D eigenvalue weighted by atomic mass is 16.2. The Kier molecular flexibility index (Phi) is 5.15. The molecule has 0 atom stereocenters. The van der Waals surface area contributed by atoms with Crippen LogP contribution in [0.1, 0.15) is 26.2 Å². The van der Waals surface area contributed by atoms with Crippen molar-refractivity contribution in [2.45, 2.75) is 26.2 Å². The Balaban J connectivity index is 3.24. The number of carbonyl (C=O) groups is 2. The molecule has 0 saturated heterocycles. The van der Waals surface area contributed by atoms with Crippen molar-refractivity contribution in [1.82, 2.24) is 5.32 Å². The van der Waals surface area contributed by atoms with Gasteiger partial charge in [0.1, 0.15) is 0 Å². The Bertz CT molecular complexity index is 145. The summed E-state index contributed by atoms with van der Waals surface area (Å²) in [5.41, 5.74) is 4.88. The molecule has 0 aliphatic heterocycles. The molecule has 4 nitrogen and oxygen atoms in total. The molecule has 0 rings (SSSR count). The molecule has 0 aliphatic rings. The van der Waals surface area contributed by atoms with Gasteiger partial charge < -0.3 is 11.1 Å². The fourth-order valence-electron chi connectivity index (χ4n) is 0.709. The fraction of sp³-hybridized carbons (Fsp3) is 0.714. The molecule has 0 fully saturated rings. The average Bonchev–Trinajstić information content (AvgIpc) is 1.87. The molecule has 4 heteroatoms. The SMILES string of the molecule is CCNC(=O)CCCC(N)=O. The largest absolute Gasteiger partial charge is 0.370 e. The van der Waals surface area contributed by atoms with Crippen LogP contribution in [0.15, 0.2) is 0 Å². The maximum Gasteiger partial charge on any atom is 0.219 e. The van der Waals surface area contributed by atoms with Gasteiger partial charge in [-0.3, -0.25) is 9.59 Å². The van der Waals surface area contributed by atoms with Crippen LogP contribution in [0.4, 0.5) is 0 Å². The van der Waals surface area contributed by atoms with Crippen LogP contribution in [0.3, 0.4) is 0 Å². The second-order valence-corrected chi connectivity index (χ2v) is 2.27. The number of amides is 2. The summed E-state index contributed by atoms with van der Waals surface area (Å²) < 4.78 is 0. The lowest BCUT2D eigenvalue weighted by Crippen LogP contribution is -2.22. The first kappa shape index (κ1) is 9.94. The van der Waals surface area contributed by atoms with Crippen LogP contribution >= 0.6 is 0 Å². The molecule has 0 unspecified atom stereocenters. The zero-order chi connectivity index (χ0) is 8.69. The molecule has 0 radical (unpaired) electrons. The number of hydrogen-bond acceptors (Lipinski definition) is 2. The van der Waals surface area contributed by atoms with Crippen LogP contribution in [-0.4, -0.2) is 18.4 Å². The lowest BCUT2D eigenvalue weighted by Gasteiger charge is -1.99. The maximum absolute atomic E-state index is 10.8.